The van der Waals surface area contributed by atoms with E-state index in [9.17, 15) is 0 Å². The Labute approximate surface area is 103 Å². The molecule has 1 rings (SSSR count). The van der Waals surface area contributed by atoms with Crippen molar-refractivity contribution in [3.8, 4) is 11.5 Å². The second-order valence-electron chi connectivity index (χ2n) is 4.03. The van der Waals surface area contributed by atoms with Crippen LogP contribution in [0.4, 0.5) is 0 Å². The van der Waals surface area contributed by atoms with Gasteiger partial charge in [-0.3, -0.25) is 0 Å². The minimum Gasteiger partial charge on any atom is -0.497 e. The lowest BCUT2D eigenvalue weighted by atomic mass is 9.95. The number of hydrogen-bond donors (Lipinski definition) is 0. The Morgan fingerprint density at radius 1 is 1.19 bits per heavy atom. The fourth-order valence-electron chi connectivity index (χ4n) is 1.84. The van der Waals surface area contributed by atoms with Crippen LogP contribution in [0.2, 0.25) is 0 Å². The van der Waals surface area contributed by atoms with Crippen LogP contribution in [0.3, 0.4) is 0 Å². The lowest BCUT2D eigenvalue weighted by Gasteiger charge is -2.17. The molecule has 0 aliphatic carbocycles. The number of alkyl halides is 1. The smallest absolute Gasteiger partial charge is 0.126 e. The summed E-state index contributed by atoms with van der Waals surface area (Å²) < 4.78 is 10.5. The molecule has 0 bridgehead atoms. The summed E-state index contributed by atoms with van der Waals surface area (Å²) in [6, 6.07) is 5.90. The molecule has 2 nitrogen and oxygen atoms in total. The summed E-state index contributed by atoms with van der Waals surface area (Å²) in [4.78, 5) is 0. The van der Waals surface area contributed by atoms with Gasteiger partial charge in [0.25, 0.3) is 0 Å². The van der Waals surface area contributed by atoms with Gasteiger partial charge in [-0.1, -0.05) is 13.0 Å². The van der Waals surface area contributed by atoms with Gasteiger partial charge in [-0.15, -0.1) is 11.6 Å². The van der Waals surface area contributed by atoms with Crippen LogP contribution < -0.4 is 9.47 Å². The van der Waals surface area contributed by atoms with Crippen molar-refractivity contribution in [3.05, 3.63) is 23.8 Å². The first-order valence-corrected chi connectivity index (χ1v) is 5.88. The highest BCUT2D eigenvalue weighted by Gasteiger charge is 2.14. The van der Waals surface area contributed by atoms with Crippen LogP contribution in [0.25, 0.3) is 0 Å². The van der Waals surface area contributed by atoms with Crippen LogP contribution in [0.15, 0.2) is 18.2 Å². The topological polar surface area (TPSA) is 18.5 Å². The van der Waals surface area contributed by atoms with E-state index in [-0.39, 0.29) is 5.38 Å². The van der Waals surface area contributed by atoms with E-state index in [0.717, 1.165) is 17.9 Å². The highest BCUT2D eigenvalue weighted by Crippen LogP contribution is 2.33. The van der Waals surface area contributed by atoms with E-state index in [1.54, 1.807) is 14.2 Å². The Hall–Kier alpha value is -0.890. The summed E-state index contributed by atoms with van der Waals surface area (Å²) >= 11 is 6.01. The number of benzene rings is 1. The molecule has 2 atom stereocenters. The molecule has 0 saturated carbocycles. The Morgan fingerprint density at radius 3 is 2.38 bits per heavy atom. The molecule has 1 aromatic rings. The Balaban J connectivity index is 2.94. The summed E-state index contributed by atoms with van der Waals surface area (Å²) in [5.41, 5.74) is 1.18. The zero-order valence-electron chi connectivity index (χ0n) is 10.3. The average Bonchev–Trinajstić information content (AvgIpc) is 2.27. The maximum Gasteiger partial charge on any atom is 0.126 e. The molecule has 2 unspecified atom stereocenters. The molecular formula is C13H19ClO2. The average molecular weight is 243 g/mol. The first-order valence-electron chi connectivity index (χ1n) is 5.44. The van der Waals surface area contributed by atoms with Crippen molar-refractivity contribution < 1.29 is 9.47 Å². The maximum atomic E-state index is 6.01. The van der Waals surface area contributed by atoms with Gasteiger partial charge >= 0.3 is 0 Å². The molecule has 16 heavy (non-hydrogen) atoms. The second kappa shape index (κ2) is 6.00. The predicted octanol–water partition coefficient (Wildman–Crippen LogP) is 3.82. The number of methoxy groups -OCH3 is 2. The second-order valence-corrected chi connectivity index (χ2v) is 4.77. The largest absolute Gasteiger partial charge is 0.497 e. The lowest BCUT2D eigenvalue weighted by molar-refractivity contribution is 0.388. The van der Waals surface area contributed by atoms with E-state index < -0.39 is 0 Å². The number of hydrogen-bond acceptors (Lipinski definition) is 2. The molecule has 0 aromatic heterocycles. The number of ether oxygens (including phenoxy) is 2. The summed E-state index contributed by atoms with van der Waals surface area (Å²) in [5, 5.41) is 0.168. The molecule has 0 aliphatic rings. The van der Waals surface area contributed by atoms with E-state index in [0.29, 0.717) is 5.92 Å². The number of rotatable bonds is 5. The molecule has 0 fully saturated rings. The standard InChI is InChI=1S/C13H19ClO2/c1-9(7-10(2)14)12-6-5-11(15-3)8-13(12)16-4/h5-6,8-10H,7H2,1-4H3. The fraction of sp³-hybridized carbons (Fsp3) is 0.538. The molecule has 90 valence electrons. The zero-order chi connectivity index (χ0) is 12.1. The van der Waals surface area contributed by atoms with Gasteiger partial charge in [-0.05, 0) is 30.9 Å². The zero-order valence-corrected chi connectivity index (χ0v) is 11.0. The fourth-order valence-corrected chi connectivity index (χ4v) is 2.11. The first kappa shape index (κ1) is 13.2. The quantitative estimate of drug-likeness (QED) is 0.731. The molecule has 1 aromatic carbocycles. The van der Waals surface area contributed by atoms with Crippen LogP contribution in [0, 0.1) is 0 Å². The highest BCUT2D eigenvalue weighted by atomic mass is 35.5. The molecule has 0 heterocycles. The van der Waals surface area contributed by atoms with Crippen molar-refractivity contribution in [2.45, 2.75) is 31.6 Å². The third kappa shape index (κ3) is 3.31. The van der Waals surface area contributed by atoms with Crippen LogP contribution in [-0.4, -0.2) is 19.6 Å². The van der Waals surface area contributed by atoms with Gasteiger partial charge in [0.15, 0.2) is 0 Å². The molecule has 0 amide bonds. The van der Waals surface area contributed by atoms with Crippen LogP contribution >= 0.6 is 11.6 Å². The Kier molecular flexibility index (Phi) is 4.94. The monoisotopic (exact) mass is 242 g/mol. The van der Waals surface area contributed by atoms with Crippen LogP contribution in [0.1, 0.15) is 31.7 Å². The molecule has 0 radical (unpaired) electrons. The third-order valence-electron chi connectivity index (χ3n) is 2.65. The molecule has 0 aliphatic heterocycles. The van der Waals surface area contributed by atoms with Crippen LogP contribution in [-0.2, 0) is 0 Å². The van der Waals surface area contributed by atoms with E-state index in [1.807, 2.05) is 25.1 Å². The third-order valence-corrected chi connectivity index (χ3v) is 2.83. The van der Waals surface area contributed by atoms with E-state index in [1.165, 1.54) is 5.56 Å². The van der Waals surface area contributed by atoms with Crippen LogP contribution in [0.5, 0.6) is 11.5 Å². The van der Waals surface area contributed by atoms with Gasteiger partial charge in [-0.2, -0.15) is 0 Å². The van der Waals surface area contributed by atoms with Crippen molar-refractivity contribution in [3.63, 3.8) is 0 Å². The SMILES string of the molecule is COc1ccc(C(C)CC(C)Cl)c(OC)c1. The van der Waals surface area contributed by atoms with Crippen molar-refractivity contribution in [1.29, 1.82) is 0 Å². The minimum atomic E-state index is 0.168. The number of halogens is 1. The van der Waals surface area contributed by atoms with Gasteiger partial charge in [0.1, 0.15) is 11.5 Å². The van der Waals surface area contributed by atoms with E-state index >= 15 is 0 Å². The van der Waals surface area contributed by atoms with Crippen molar-refractivity contribution in [2.75, 3.05) is 14.2 Å². The summed E-state index contributed by atoms with van der Waals surface area (Å²) in [6.45, 7) is 4.16. The van der Waals surface area contributed by atoms with Gasteiger partial charge in [0.05, 0.1) is 14.2 Å². The summed E-state index contributed by atoms with van der Waals surface area (Å²) in [6.07, 6.45) is 0.935. The van der Waals surface area contributed by atoms with Gasteiger partial charge in [0, 0.05) is 11.4 Å². The molecule has 0 N–H and O–H groups in total. The van der Waals surface area contributed by atoms with Gasteiger partial charge in [0.2, 0.25) is 0 Å². The highest BCUT2D eigenvalue weighted by molar-refractivity contribution is 6.20. The molecule has 0 spiro atoms. The van der Waals surface area contributed by atoms with Crippen molar-refractivity contribution >= 4 is 11.6 Å². The Bertz CT molecular complexity index is 337. The summed E-state index contributed by atoms with van der Waals surface area (Å²) in [7, 11) is 3.33. The van der Waals surface area contributed by atoms with Crippen molar-refractivity contribution in [2.24, 2.45) is 0 Å². The van der Waals surface area contributed by atoms with E-state index in [4.69, 9.17) is 21.1 Å². The minimum absolute atomic E-state index is 0.168. The van der Waals surface area contributed by atoms with Gasteiger partial charge < -0.3 is 9.47 Å². The molecule has 0 saturated heterocycles. The lowest BCUT2D eigenvalue weighted by Crippen LogP contribution is -2.03. The first-order chi connectivity index (χ1) is 7.58. The Morgan fingerprint density at radius 2 is 1.88 bits per heavy atom. The molecule has 3 heteroatoms. The molecular weight excluding hydrogens is 224 g/mol. The van der Waals surface area contributed by atoms with E-state index in [2.05, 4.69) is 6.92 Å². The predicted molar refractivity (Wildman–Crippen MR) is 67.9 cm³/mol. The maximum absolute atomic E-state index is 6.01. The van der Waals surface area contributed by atoms with Gasteiger partial charge in [-0.25, -0.2) is 0 Å². The summed E-state index contributed by atoms with van der Waals surface area (Å²) in [5.74, 6) is 2.06. The van der Waals surface area contributed by atoms with Crippen molar-refractivity contribution in [1.82, 2.24) is 0 Å². The normalized spacial score (nSPS) is 14.3.